The molecule has 0 aromatic heterocycles. The average molecular weight is 217 g/mol. The fourth-order valence-corrected chi connectivity index (χ4v) is 1.73. The van der Waals surface area contributed by atoms with Gasteiger partial charge in [0, 0.05) is 19.1 Å². The molecule has 0 radical (unpaired) electrons. The van der Waals surface area contributed by atoms with Gasteiger partial charge in [-0.05, 0) is 13.3 Å². The largest absolute Gasteiger partial charge is 0.481 e. The highest BCUT2D eigenvalue weighted by atomic mass is 16.5. The van der Waals surface area contributed by atoms with Gasteiger partial charge in [-0.3, -0.25) is 9.69 Å². The molecule has 1 aliphatic heterocycles. The van der Waals surface area contributed by atoms with Gasteiger partial charge in [-0.1, -0.05) is 0 Å². The van der Waals surface area contributed by atoms with Gasteiger partial charge in [-0.2, -0.15) is 0 Å². The minimum Gasteiger partial charge on any atom is -0.481 e. The molecule has 2 unspecified atom stereocenters. The number of rotatable bonds is 5. The van der Waals surface area contributed by atoms with Crippen LogP contribution in [0.1, 0.15) is 19.8 Å². The summed E-state index contributed by atoms with van der Waals surface area (Å²) in [4.78, 5) is 12.7. The number of aliphatic carboxylic acids is 1. The fourth-order valence-electron chi connectivity index (χ4n) is 1.73. The standard InChI is InChI=1S/C10H19NO4/c1-8(12)2-3-11-4-5-15-7-9(11)6-10(13)14/h8-9,12H,2-7H2,1H3,(H,13,14). The van der Waals surface area contributed by atoms with Crippen LogP contribution >= 0.6 is 0 Å². The third-order valence-corrected chi connectivity index (χ3v) is 2.59. The molecule has 1 saturated heterocycles. The Labute approximate surface area is 89.6 Å². The van der Waals surface area contributed by atoms with Crippen molar-refractivity contribution in [3.8, 4) is 0 Å². The van der Waals surface area contributed by atoms with Crippen LogP contribution in [0.5, 0.6) is 0 Å². The Morgan fingerprint density at radius 1 is 1.67 bits per heavy atom. The summed E-state index contributed by atoms with van der Waals surface area (Å²) >= 11 is 0. The molecule has 1 fully saturated rings. The molecule has 88 valence electrons. The van der Waals surface area contributed by atoms with Crippen LogP contribution in [0.25, 0.3) is 0 Å². The van der Waals surface area contributed by atoms with Crippen molar-refractivity contribution in [3.63, 3.8) is 0 Å². The third kappa shape index (κ3) is 4.59. The molecule has 15 heavy (non-hydrogen) atoms. The van der Waals surface area contributed by atoms with E-state index in [-0.39, 0.29) is 18.6 Å². The Morgan fingerprint density at radius 2 is 2.40 bits per heavy atom. The molecule has 0 aromatic carbocycles. The number of aliphatic hydroxyl groups is 1. The molecule has 0 amide bonds. The lowest BCUT2D eigenvalue weighted by Gasteiger charge is -2.34. The van der Waals surface area contributed by atoms with Gasteiger partial charge < -0.3 is 14.9 Å². The molecule has 1 rings (SSSR count). The van der Waals surface area contributed by atoms with E-state index in [1.165, 1.54) is 0 Å². The average Bonchev–Trinajstić information content (AvgIpc) is 2.15. The van der Waals surface area contributed by atoms with Gasteiger partial charge in [0.2, 0.25) is 0 Å². The number of hydrogen-bond donors (Lipinski definition) is 2. The summed E-state index contributed by atoms with van der Waals surface area (Å²) in [5, 5.41) is 17.9. The summed E-state index contributed by atoms with van der Waals surface area (Å²) in [5.41, 5.74) is 0. The molecule has 0 aliphatic carbocycles. The van der Waals surface area contributed by atoms with Crippen molar-refractivity contribution in [2.45, 2.75) is 31.9 Å². The van der Waals surface area contributed by atoms with E-state index in [0.29, 0.717) is 19.6 Å². The lowest BCUT2D eigenvalue weighted by Crippen LogP contribution is -2.47. The van der Waals surface area contributed by atoms with Gasteiger partial charge in [0.1, 0.15) is 0 Å². The van der Waals surface area contributed by atoms with Crippen molar-refractivity contribution in [1.82, 2.24) is 4.90 Å². The zero-order chi connectivity index (χ0) is 11.3. The van der Waals surface area contributed by atoms with Crippen LogP contribution in [0.4, 0.5) is 0 Å². The van der Waals surface area contributed by atoms with Gasteiger partial charge in [0.15, 0.2) is 0 Å². The molecule has 0 spiro atoms. The smallest absolute Gasteiger partial charge is 0.305 e. The first-order chi connectivity index (χ1) is 7.09. The monoisotopic (exact) mass is 217 g/mol. The normalized spacial score (nSPS) is 25.1. The van der Waals surface area contributed by atoms with E-state index in [0.717, 1.165) is 13.1 Å². The molecule has 2 N–H and O–H groups in total. The topological polar surface area (TPSA) is 70.0 Å². The van der Waals surface area contributed by atoms with Crippen LogP contribution in [0.15, 0.2) is 0 Å². The summed E-state index contributed by atoms with van der Waals surface area (Å²) in [7, 11) is 0. The number of aliphatic hydroxyl groups excluding tert-OH is 1. The summed E-state index contributed by atoms with van der Waals surface area (Å²) in [6.45, 7) is 4.36. The molecule has 0 saturated carbocycles. The summed E-state index contributed by atoms with van der Waals surface area (Å²) < 4.78 is 5.25. The molecule has 0 aromatic rings. The molecular formula is C10H19NO4. The van der Waals surface area contributed by atoms with Crippen molar-refractivity contribution < 1.29 is 19.7 Å². The molecule has 1 aliphatic rings. The first-order valence-corrected chi connectivity index (χ1v) is 5.31. The summed E-state index contributed by atoms with van der Waals surface area (Å²) in [6, 6.07) is -0.0463. The Kier molecular flexibility index (Phi) is 5.01. The number of carbonyl (C=O) groups is 1. The number of hydrogen-bond acceptors (Lipinski definition) is 4. The number of morpholine rings is 1. The van der Waals surface area contributed by atoms with Gasteiger partial charge in [-0.15, -0.1) is 0 Å². The highest BCUT2D eigenvalue weighted by Crippen LogP contribution is 2.11. The number of carboxylic acids is 1. The Bertz CT molecular complexity index is 208. The third-order valence-electron chi connectivity index (χ3n) is 2.59. The minimum atomic E-state index is -0.799. The lowest BCUT2D eigenvalue weighted by molar-refractivity contribution is -0.140. The second-order valence-corrected chi connectivity index (χ2v) is 4.00. The first kappa shape index (κ1) is 12.4. The van der Waals surface area contributed by atoms with Crippen LogP contribution in [0.3, 0.4) is 0 Å². The van der Waals surface area contributed by atoms with Crippen LogP contribution in [-0.4, -0.2) is 59.5 Å². The SMILES string of the molecule is CC(O)CCN1CCOCC1CC(=O)O. The fraction of sp³-hybridized carbons (Fsp3) is 0.900. The van der Waals surface area contributed by atoms with Crippen LogP contribution in [0.2, 0.25) is 0 Å². The van der Waals surface area contributed by atoms with E-state index >= 15 is 0 Å². The Hall–Kier alpha value is -0.650. The van der Waals surface area contributed by atoms with Gasteiger partial charge in [0.25, 0.3) is 0 Å². The zero-order valence-corrected chi connectivity index (χ0v) is 9.06. The molecule has 2 atom stereocenters. The van der Waals surface area contributed by atoms with Crippen LogP contribution in [0, 0.1) is 0 Å². The summed E-state index contributed by atoms with van der Waals surface area (Å²) in [5.74, 6) is -0.799. The van der Waals surface area contributed by atoms with Crippen molar-refractivity contribution in [2.24, 2.45) is 0 Å². The predicted octanol–water partition coefficient (Wildman–Crippen LogP) is -0.0672. The maximum absolute atomic E-state index is 10.6. The Balaban J connectivity index is 2.39. The second-order valence-electron chi connectivity index (χ2n) is 4.00. The maximum Gasteiger partial charge on any atom is 0.305 e. The van der Waals surface area contributed by atoms with Crippen molar-refractivity contribution in [2.75, 3.05) is 26.3 Å². The maximum atomic E-state index is 10.6. The first-order valence-electron chi connectivity index (χ1n) is 5.31. The van der Waals surface area contributed by atoms with Crippen molar-refractivity contribution in [3.05, 3.63) is 0 Å². The zero-order valence-electron chi connectivity index (χ0n) is 9.06. The van der Waals surface area contributed by atoms with E-state index in [2.05, 4.69) is 4.90 Å². The van der Waals surface area contributed by atoms with Crippen molar-refractivity contribution >= 4 is 5.97 Å². The van der Waals surface area contributed by atoms with Crippen LogP contribution in [-0.2, 0) is 9.53 Å². The lowest BCUT2D eigenvalue weighted by atomic mass is 10.1. The highest BCUT2D eigenvalue weighted by molar-refractivity contribution is 5.67. The van der Waals surface area contributed by atoms with Crippen LogP contribution < -0.4 is 0 Å². The van der Waals surface area contributed by atoms with Gasteiger partial charge >= 0.3 is 5.97 Å². The minimum absolute atomic E-state index is 0.0463. The molecule has 5 heteroatoms. The Morgan fingerprint density at radius 3 is 3.00 bits per heavy atom. The van der Waals surface area contributed by atoms with Gasteiger partial charge in [0.05, 0.1) is 25.7 Å². The molecule has 1 heterocycles. The predicted molar refractivity (Wildman–Crippen MR) is 54.7 cm³/mol. The molecular weight excluding hydrogens is 198 g/mol. The number of nitrogens with zero attached hydrogens (tertiary/aromatic N) is 1. The molecule has 0 bridgehead atoms. The quantitative estimate of drug-likeness (QED) is 0.674. The van der Waals surface area contributed by atoms with E-state index in [1.807, 2.05) is 0 Å². The van der Waals surface area contributed by atoms with E-state index in [4.69, 9.17) is 9.84 Å². The summed E-state index contributed by atoms with van der Waals surface area (Å²) in [6.07, 6.45) is 0.453. The molecule has 5 nitrogen and oxygen atoms in total. The highest BCUT2D eigenvalue weighted by Gasteiger charge is 2.24. The second kappa shape index (κ2) is 6.05. The number of ether oxygens (including phenoxy) is 1. The number of carboxylic acid groups (broad SMARTS) is 1. The van der Waals surface area contributed by atoms with E-state index in [1.54, 1.807) is 6.92 Å². The van der Waals surface area contributed by atoms with Crippen molar-refractivity contribution in [1.29, 1.82) is 0 Å². The van der Waals surface area contributed by atoms with E-state index in [9.17, 15) is 9.90 Å². The van der Waals surface area contributed by atoms with E-state index < -0.39 is 5.97 Å². The van der Waals surface area contributed by atoms with Gasteiger partial charge in [-0.25, -0.2) is 0 Å².